The lowest BCUT2D eigenvalue weighted by Crippen LogP contribution is -3.14. The van der Waals surface area contributed by atoms with Gasteiger partial charge in [-0.1, -0.05) is 0 Å². The van der Waals surface area contributed by atoms with Gasteiger partial charge in [-0.2, -0.15) is 5.10 Å². The Labute approximate surface area is 173 Å². The molecule has 2 aliphatic heterocycles. The second kappa shape index (κ2) is 9.06. The van der Waals surface area contributed by atoms with E-state index in [1.54, 1.807) is 4.90 Å². The van der Waals surface area contributed by atoms with E-state index in [4.69, 9.17) is 17.0 Å². The van der Waals surface area contributed by atoms with Crippen LogP contribution in [0.4, 0.5) is 0 Å². The number of sulfone groups is 1. The average molecular weight is 431 g/mol. The Bertz CT molecular complexity index is 802. The third-order valence-corrected chi connectivity index (χ3v) is 7.93. The summed E-state index contributed by atoms with van der Waals surface area (Å²) in [5, 5.41) is 8.72. The molecule has 2 fully saturated rings. The summed E-state index contributed by atoms with van der Waals surface area (Å²) in [6.45, 7) is 10.3. The number of rotatable bonds is 6. The Morgan fingerprint density at radius 2 is 2.11 bits per heavy atom. The maximum atomic E-state index is 11.8. The lowest BCUT2D eigenvalue weighted by Gasteiger charge is -2.25. The minimum Gasteiger partial charge on any atom is -0.370 e. The first-order valence-corrected chi connectivity index (χ1v) is 12.1. The van der Waals surface area contributed by atoms with Crippen LogP contribution in [0.3, 0.4) is 0 Å². The number of quaternary nitrogens is 1. The molecule has 2 aliphatic rings. The van der Waals surface area contributed by atoms with Crippen molar-refractivity contribution in [3.63, 3.8) is 0 Å². The molecule has 8 nitrogen and oxygen atoms in total. The highest BCUT2D eigenvalue weighted by atomic mass is 32.2. The van der Waals surface area contributed by atoms with Gasteiger partial charge in [0.15, 0.2) is 14.9 Å². The fraction of sp³-hybridized carbons (Fsp3) is 0.778. The Morgan fingerprint density at radius 1 is 1.39 bits per heavy atom. The van der Waals surface area contributed by atoms with Crippen molar-refractivity contribution in [1.82, 2.24) is 20.0 Å². The van der Waals surface area contributed by atoms with Crippen molar-refractivity contribution in [2.45, 2.75) is 32.9 Å². The van der Waals surface area contributed by atoms with E-state index in [0.717, 1.165) is 61.5 Å². The van der Waals surface area contributed by atoms with E-state index in [1.165, 1.54) is 0 Å². The van der Waals surface area contributed by atoms with Crippen LogP contribution in [0.1, 0.15) is 29.4 Å². The van der Waals surface area contributed by atoms with E-state index < -0.39 is 9.84 Å². The SMILES string of the molecule is Cc1nn([C@H]2CCS(=O)(=O)C2)c(C)c1CN(C)C(=S)NCC[NH+]1CCOCC1. The Balaban J connectivity index is 1.54. The maximum absolute atomic E-state index is 11.8. The Kier molecular flexibility index (Phi) is 6.95. The molecule has 1 atom stereocenters. The molecule has 1 aromatic rings. The second-order valence-electron chi connectivity index (χ2n) is 7.85. The molecule has 10 heteroatoms. The van der Waals surface area contributed by atoms with E-state index in [2.05, 4.69) is 10.4 Å². The molecular weight excluding hydrogens is 398 g/mol. The molecule has 3 heterocycles. The molecule has 2 saturated heterocycles. The van der Waals surface area contributed by atoms with Gasteiger partial charge in [-0.3, -0.25) is 4.68 Å². The molecule has 2 N–H and O–H groups in total. The van der Waals surface area contributed by atoms with Crippen molar-refractivity contribution in [2.24, 2.45) is 0 Å². The zero-order valence-corrected chi connectivity index (χ0v) is 18.7. The molecule has 0 saturated carbocycles. The Morgan fingerprint density at radius 3 is 2.75 bits per heavy atom. The van der Waals surface area contributed by atoms with Gasteiger partial charge in [0.2, 0.25) is 0 Å². The fourth-order valence-electron chi connectivity index (χ4n) is 3.95. The number of hydrogen-bond acceptors (Lipinski definition) is 5. The third kappa shape index (κ3) is 5.22. The van der Waals surface area contributed by atoms with Crippen LogP contribution < -0.4 is 10.2 Å². The largest absolute Gasteiger partial charge is 0.370 e. The van der Waals surface area contributed by atoms with Crippen molar-refractivity contribution >= 4 is 27.2 Å². The van der Waals surface area contributed by atoms with E-state index in [9.17, 15) is 8.42 Å². The summed E-state index contributed by atoms with van der Waals surface area (Å²) in [5.74, 6) is 0.443. The normalized spacial score (nSPS) is 22.3. The zero-order chi connectivity index (χ0) is 20.3. The van der Waals surface area contributed by atoms with Crippen LogP contribution in [0, 0.1) is 13.8 Å². The zero-order valence-electron chi connectivity index (χ0n) is 17.0. The Hall–Kier alpha value is -1.23. The van der Waals surface area contributed by atoms with Crippen LogP contribution in [0.25, 0.3) is 0 Å². The molecule has 28 heavy (non-hydrogen) atoms. The molecule has 0 aromatic carbocycles. The van der Waals surface area contributed by atoms with E-state index >= 15 is 0 Å². The molecule has 0 unspecified atom stereocenters. The van der Waals surface area contributed by atoms with Gasteiger partial charge in [0.25, 0.3) is 0 Å². The minimum absolute atomic E-state index is 0.0515. The van der Waals surface area contributed by atoms with Gasteiger partial charge < -0.3 is 19.9 Å². The topological polar surface area (TPSA) is 80.9 Å². The van der Waals surface area contributed by atoms with Crippen molar-refractivity contribution in [1.29, 1.82) is 0 Å². The van der Waals surface area contributed by atoms with Gasteiger partial charge in [-0.05, 0) is 32.5 Å². The standard InChI is InChI=1S/C18H31N5O3S2/c1-14-17(15(2)23(20-14)16-4-11-28(24,25)13-16)12-21(3)18(27)19-5-6-22-7-9-26-10-8-22/h16H,4-13H2,1-3H3,(H,19,27)/p+1/t16-/m0/s1. The quantitative estimate of drug-likeness (QED) is 0.565. The molecular formula is C18H32N5O3S2+. The number of morpholine rings is 1. The fourth-order valence-corrected chi connectivity index (χ4v) is 5.81. The van der Waals surface area contributed by atoms with Gasteiger partial charge in [0, 0.05) is 24.8 Å². The summed E-state index contributed by atoms with van der Waals surface area (Å²) < 4.78 is 30.9. The lowest BCUT2D eigenvalue weighted by atomic mass is 10.2. The lowest BCUT2D eigenvalue weighted by molar-refractivity contribution is -0.906. The smallest absolute Gasteiger partial charge is 0.169 e. The summed E-state index contributed by atoms with van der Waals surface area (Å²) >= 11 is 5.55. The van der Waals surface area contributed by atoms with Gasteiger partial charge in [-0.25, -0.2) is 8.42 Å². The van der Waals surface area contributed by atoms with Crippen molar-refractivity contribution in [3.8, 4) is 0 Å². The molecule has 0 spiro atoms. The monoisotopic (exact) mass is 430 g/mol. The molecule has 1 aromatic heterocycles. The van der Waals surface area contributed by atoms with Crippen LogP contribution in [-0.4, -0.2) is 86.2 Å². The highest BCUT2D eigenvalue weighted by Gasteiger charge is 2.31. The highest BCUT2D eigenvalue weighted by molar-refractivity contribution is 7.91. The number of hydrogen-bond donors (Lipinski definition) is 2. The predicted octanol–water partition coefficient (Wildman–Crippen LogP) is -0.919. The number of aryl methyl sites for hydroxylation is 1. The number of nitrogens with zero attached hydrogens (tertiary/aromatic N) is 3. The van der Waals surface area contributed by atoms with Crippen molar-refractivity contribution in [2.75, 3.05) is 57.9 Å². The minimum atomic E-state index is -2.93. The van der Waals surface area contributed by atoms with Gasteiger partial charge >= 0.3 is 0 Å². The number of nitrogens with one attached hydrogen (secondary N) is 2. The average Bonchev–Trinajstić information content (AvgIpc) is 3.15. The first kappa shape index (κ1) is 21.5. The van der Waals surface area contributed by atoms with Crippen LogP contribution in [-0.2, 0) is 21.1 Å². The summed E-state index contributed by atoms with van der Waals surface area (Å²) in [4.78, 5) is 3.57. The first-order chi connectivity index (χ1) is 13.3. The van der Waals surface area contributed by atoms with Gasteiger partial charge in [-0.15, -0.1) is 0 Å². The van der Waals surface area contributed by atoms with Gasteiger partial charge in [0.1, 0.15) is 13.1 Å². The van der Waals surface area contributed by atoms with E-state index in [0.29, 0.717) is 13.0 Å². The van der Waals surface area contributed by atoms with Crippen LogP contribution in [0.2, 0.25) is 0 Å². The summed E-state index contributed by atoms with van der Waals surface area (Å²) in [7, 11) is -0.953. The highest BCUT2D eigenvalue weighted by Crippen LogP contribution is 2.27. The third-order valence-electron chi connectivity index (χ3n) is 5.73. The predicted molar refractivity (Wildman–Crippen MR) is 112 cm³/mol. The van der Waals surface area contributed by atoms with Crippen LogP contribution in [0.5, 0.6) is 0 Å². The number of aromatic nitrogens is 2. The second-order valence-corrected chi connectivity index (χ2v) is 10.5. The first-order valence-electron chi connectivity index (χ1n) is 9.92. The van der Waals surface area contributed by atoms with Crippen molar-refractivity contribution < 1.29 is 18.1 Å². The summed E-state index contributed by atoms with van der Waals surface area (Å²) in [6.07, 6.45) is 0.642. The molecule has 0 radical (unpaired) electrons. The van der Waals surface area contributed by atoms with Crippen molar-refractivity contribution in [3.05, 3.63) is 17.0 Å². The molecule has 0 bridgehead atoms. The van der Waals surface area contributed by atoms with Crippen LogP contribution in [0.15, 0.2) is 0 Å². The van der Waals surface area contributed by atoms with E-state index in [1.807, 2.05) is 30.5 Å². The number of thiocarbonyl (C=S) groups is 1. The maximum Gasteiger partial charge on any atom is 0.169 e. The molecule has 0 aliphatic carbocycles. The summed E-state index contributed by atoms with van der Waals surface area (Å²) in [6, 6.07) is -0.0515. The molecule has 158 valence electrons. The van der Waals surface area contributed by atoms with Crippen LogP contribution >= 0.6 is 12.2 Å². The molecule has 3 rings (SSSR count). The van der Waals surface area contributed by atoms with Gasteiger partial charge in [0.05, 0.1) is 49.5 Å². The molecule has 0 amide bonds. The number of ether oxygens (including phenoxy) is 1. The van der Waals surface area contributed by atoms with E-state index in [-0.39, 0.29) is 17.5 Å². The summed E-state index contributed by atoms with van der Waals surface area (Å²) in [5.41, 5.74) is 3.09.